The van der Waals surface area contributed by atoms with Gasteiger partial charge < -0.3 is 10.5 Å². The number of rotatable bonds is 3. The van der Waals surface area contributed by atoms with Gasteiger partial charge in [0.1, 0.15) is 11.6 Å². The lowest BCUT2D eigenvalue weighted by molar-refractivity contribution is 0.455. The molecular formula is C12H13N3O. The van der Waals surface area contributed by atoms with Crippen molar-refractivity contribution >= 4 is 5.82 Å². The number of aromatic nitrogens is 2. The molecule has 82 valence electrons. The average molecular weight is 215 g/mol. The third kappa shape index (κ3) is 2.48. The monoisotopic (exact) mass is 215 g/mol. The van der Waals surface area contributed by atoms with Crippen LogP contribution in [0.15, 0.2) is 36.4 Å². The van der Waals surface area contributed by atoms with E-state index in [1.165, 1.54) is 5.56 Å². The minimum absolute atomic E-state index is 0.384. The molecule has 0 unspecified atom stereocenters. The van der Waals surface area contributed by atoms with Gasteiger partial charge in [0.25, 0.3) is 0 Å². The van der Waals surface area contributed by atoms with Crippen LogP contribution in [0.4, 0.5) is 5.82 Å². The molecule has 0 spiro atoms. The summed E-state index contributed by atoms with van der Waals surface area (Å²) in [6.07, 6.45) is 0.977. The molecule has 4 nitrogen and oxygen atoms in total. The van der Waals surface area contributed by atoms with Gasteiger partial charge in [-0.1, -0.05) is 19.1 Å². The summed E-state index contributed by atoms with van der Waals surface area (Å²) in [5.74, 6) is 1.59. The Labute approximate surface area is 94.1 Å². The summed E-state index contributed by atoms with van der Waals surface area (Å²) in [4.78, 5) is 0. The molecule has 0 saturated heterocycles. The molecule has 2 N–H and O–H groups in total. The van der Waals surface area contributed by atoms with Crippen molar-refractivity contribution in [3.05, 3.63) is 42.0 Å². The first-order valence-corrected chi connectivity index (χ1v) is 5.14. The molecule has 1 aromatic carbocycles. The Morgan fingerprint density at radius 2 is 2.06 bits per heavy atom. The molecule has 0 atom stereocenters. The van der Waals surface area contributed by atoms with Gasteiger partial charge in [-0.25, -0.2) is 0 Å². The number of anilines is 1. The van der Waals surface area contributed by atoms with Crippen molar-refractivity contribution in [1.82, 2.24) is 10.2 Å². The maximum atomic E-state index is 5.55. The van der Waals surface area contributed by atoms with Crippen LogP contribution < -0.4 is 10.5 Å². The molecule has 0 aliphatic heterocycles. The zero-order chi connectivity index (χ0) is 11.4. The molecule has 1 aromatic heterocycles. The lowest BCUT2D eigenvalue weighted by Gasteiger charge is -2.05. The SMILES string of the molecule is CCc1cccc(Oc2ccc(N)nn2)c1. The van der Waals surface area contributed by atoms with Crippen molar-refractivity contribution in [2.75, 3.05) is 5.73 Å². The summed E-state index contributed by atoms with van der Waals surface area (Å²) in [7, 11) is 0. The molecule has 0 fully saturated rings. The number of hydrogen-bond acceptors (Lipinski definition) is 4. The van der Waals surface area contributed by atoms with Crippen LogP contribution in [0.3, 0.4) is 0 Å². The van der Waals surface area contributed by atoms with Gasteiger partial charge >= 0.3 is 0 Å². The molecule has 4 heteroatoms. The molecule has 0 radical (unpaired) electrons. The Morgan fingerprint density at radius 1 is 1.19 bits per heavy atom. The van der Waals surface area contributed by atoms with E-state index in [0.29, 0.717) is 11.7 Å². The van der Waals surface area contributed by atoms with E-state index in [4.69, 9.17) is 10.5 Å². The van der Waals surface area contributed by atoms with Crippen LogP contribution in [0.1, 0.15) is 12.5 Å². The molecule has 0 bridgehead atoms. The van der Waals surface area contributed by atoms with Crippen molar-refractivity contribution in [1.29, 1.82) is 0 Å². The minimum atomic E-state index is 0.384. The van der Waals surface area contributed by atoms with Crippen molar-refractivity contribution in [3.8, 4) is 11.6 Å². The normalized spacial score (nSPS) is 10.1. The van der Waals surface area contributed by atoms with E-state index in [1.807, 2.05) is 18.2 Å². The van der Waals surface area contributed by atoms with Gasteiger partial charge in [0.2, 0.25) is 5.88 Å². The number of nitrogens with zero attached hydrogens (tertiary/aromatic N) is 2. The topological polar surface area (TPSA) is 61.0 Å². The molecule has 2 aromatic rings. The summed E-state index contributed by atoms with van der Waals surface area (Å²) in [6.45, 7) is 2.10. The van der Waals surface area contributed by atoms with E-state index in [2.05, 4.69) is 23.2 Å². The summed E-state index contributed by atoms with van der Waals surface area (Å²) in [6, 6.07) is 11.2. The fraction of sp³-hybridized carbons (Fsp3) is 0.167. The molecular weight excluding hydrogens is 202 g/mol. The molecule has 0 amide bonds. The van der Waals surface area contributed by atoms with Crippen LogP contribution in [0.2, 0.25) is 0 Å². The van der Waals surface area contributed by atoms with Gasteiger partial charge in [-0.05, 0) is 30.2 Å². The number of ether oxygens (including phenoxy) is 1. The van der Waals surface area contributed by atoms with E-state index < -0.39 is 0 Å². The Bertz CT molecular complexity index is 468. The zero-order valence-corrected chi connectivity index (χ0v) is 9.05. The molecule has 16 heavy (non-hydrogen) atoms. The molecule has 2 rings (SSSR count). The second kappa shape index (κ2) is 4.61. The number of hydrogen-bond donors (Lipinski definition) is 1. The first-order chi connectivity index (χ1) is 7.78. The third-order valence-corrected chi connectivity index (χ3v) is 2.19. The molecule has 1 heterocycles. The van der Waals surface area contributed by atoms with Crippen LogP contribution in [0, 0.1) is 0 Å². The average Bonchev–Trinajstić information content (AvgIpc) is 2.32. The zero-order valence-electron chi connectivity index (χ0n) is 9.05. The predicted octanol–water partition coefficient (Wildman–Crippen LogP) is 2.41. The molecule has 0 aliphatic carbocycles. The van der Waals surface area contributed by atoms with Crippen LogP contribution >= 0.6 is 0 Å². The highest BCUT2D eigenvalue weighted by atomic mass is 16.5. The number of aryl methyl sites for hydroxylation is 1. The number of nitrogen functional groups attached to an aromatic ring is 1. The van der Waals surface area contributed by atoms with Gasteiger partial charge in [-0.3, -0.25) is 0 Å². The Kier molecular flexibility index (Phi) is 3.00. The van der Waals surface area contributed by atoms with E-state index in [1.54, 1.807) is 12.1 Å². The Balaban J connectivity index is 2.16. The number of nitrogens with two attached hydrogens (primary N) is 1. The van der Waals surface area contributed by atoms with Crippen molar-refractivity contribution in [2.45, 2.75) is 13.3 Å². The van der Waals surface area contributed by atoms with E-state index in [-0.39, 0.29) is 0 Å². The van der Waals surface area contributed by atoms with Gasteiger partial charge in [0.05, 0.1) is 0 Å². The second-order valence-electron chi connectivity index (χ2n) is 3.40. The minimum Gasteiger partial charge on any atom is -0.438 e. The first kappa shape index (κ1) is 10.4. The van der Waals surface area contributed by atoms with E-state index in [0.717, 1.165) is 12.2 Å². The maximum absolute atomic E-state index is 5.55. The highest BCUT2D eigenvalue weighted by molar-refractivity contribution is 5.33. The van der Waals surface area contributed by atoms with Gasteiger partial charge in [0, 0.05) is 6.07 Å². The fourth-order valence-corrected chi connectivity index (χ4v) is 1.33. The summed E-state index contributed by atoms with van der Waals surface area (Å²) >= 11 is 0. The van der Waals surface area contributed by atoms with Gasteiger partial charge in [0.15, 0.2) is 0 Å². The predicted molar refractivity (Wildman–Crippen MR) is 62.3 cm³/mol. The quantitative estimate of drug-likeness (QED) is 0.854. The van der Waals surface area contributed by atoms with Crippen LogP contribution in [-0.4, -0.2) is 10.2 Å². The van der Waals surface area contributed by atoms with Crippen LogP contribution in [0.5, 0.6) is 11.6 Å². The summed E-state index contributed by atoms with van der Waals surface area (Å²) in [5, 5.41) is 7.55. The highest BCUT2D eigenvalue weighted by Gasteiger charge is 1.99. The molecule has 0 aliphatic rings. The third-order valence-electron chi connectivity index (χ3n) is 2.19. The van der Waals surface area contributed by atoms with E-state index >= 15 is 0 Å². The maximum Gasteiger partial charge on any atom is 0.238 e. The Hall–Kier alpha value is -2.10. The highest BCUT2D eigenvalue weighted by Crippen LogP contribution is 2.20. The molecule has 0 saturated carbocycles. The summed E-state index contributed by atoms with van der Waals surface area (Å²) in [5.41, 5.74) is 6.66. The first-order valence-electron chi connectivity index (χ1n) is 5.14. The van der Waals surface area contributed by atoms with Gasteiger partial charge in [-0.2, -0.15) is 0 Å². The number of benzene rings is 1. The largest absolute Gasteiger partial charge is 0.438 e. The van der Waals surface area contributed by atoms with Crippen molar-refractivity contribution < 1.29 is 4.74 Å². The Morgan fingerprint density at radius 3 is 2.75 bits per heavy atom. The summed E-state index contributed by atoms with van der Waals surface area (Å²) < 4.78 is 5.55. The standard InChI is InChI=1S/C12H13N3O/c1-2-9-4-3-5-10(8-9)16-12-7-6-11(13)14-15-12/h3-8H,2H2,1H3,(H2,13,14). The fourth-order valence-electron chi connectivity index (χ4n) is 1.33. The lowest BCUT2D eigenvalue weighted by atomic mass is 10.2. The van der Waals surface area contributed by atoms with Crippen molar-refractivity contribution in [3.63, 3.8) is 0 Å². The smallest absolute Gasteiger partial charge is 0.238 e. The lowest BCUT2D eigenvalue weighted by Crippen LogP contribution is -1.95. The second-order valence-corrected chi connectivity index (χ2v) is 3.40. The van der Waals surface area contributed by atoms with E-state index in [9.17, 15) is 0 Å². The van der Waals surface area contributed by atoms with Gasteiger partial charge in [-0.15, -0.1) is 10.2 Å². The van der Waals surface area contributed by atoms with Crippen LogP contribution in [0.25, 0.3) is 0 Å². The van der Waals surface area contributed by atoms with Crippen molar-refractivity contribution in [2.24, 2.45) is 0 Å². The van der Waals surface area contributed by atoms with Crippen LogP contribution in [-0.2, 0) is 6.42 Å².